The van der Waals surface area contributed by atoms with Crippen molar-refractivity contribution in [1.82, 2.24) is 4.90 Å². The van der Waals surface area contributed by atoms with Crippen LogP contribution in [0.4, 0.5) is 5.69 Å². The molecule has 0 unspecified atom stereocenters. The molecule has 0 saturated carbocycles. The zero-order valence-electron chi connectivity index (χ0n) is 17.2. The molecule has 1 aliphatic heterocycles. The quantitative estimate of drug-likeness (QED) is 0.412. The lowest BCUT2D eigenvalue weighted by molar-refractivity contribution is 0.400. The van der Waals surface area contributed by atoms with Crippen LogP contribution in [0, 0.1) is 5.41 Å². The lowest BCUT2D eigenvalue weighted by Crippen LogP contribution is -2.26. The van der Waals surface area contributed by atoms with Gasteiger partial charge in [0, 0.05) is 52.3 Å². The lowest BCUT2D eigenvalue weighted by atomic mass is 9.98. The summed E-state index contributed by atoms with van der Waals surface area (Å²) in [4.78, 5) is 5.84. The van der Waals surface area contributed by atoms with Crippen molar-refractivity contribution in [3.05, 3.63) is 59.3 Å². The number of hydrogen-bond donors (Lipinski definition) is 1. The van der Waals surface area contributed by atoms with Gasteiger partial charge in [-0.15, -0.1) is 11.3 Å². The average molecular weight is 406 g/mol. The van der Waals surface area contributed by atoms with E-state index in [4.69, 9.17) is 9.83 Å². The topological polar surface area (TPSA) is 43.5 Å². The Kier molecular flexibility index (Phi) is 5.69. The molecule has 1 aliphatic carbocycles. The van der Waals surface area contributed by atoms with Gasteiger partial charge < -0.3 is 19.6 Å². The summed E-state index contributed by atoms with van der Waals surface area (Å²) < 4.78 is 6.29. The maximum Gasteiger partial charge on any atom is 0.137 e. The van der Waals surface area contributed by atoms with Crippen LogP contribution in [-0.4, -0.2) is 38.6 Å². The summed E-state index contributed by atoms with van der Waals surface area (Å²) in [6.45, 7) is 5.25. The zero-order chi connectivity index (χ0) is 20.4. The molecule has 2 heterocycles. The highest BCUT2D eigenvalue weighted by molar-refractivity contribution is 7.13. The van der Waals surface area contributed by atoms with E-state index < -0.39 is 0 Å². The first-order valence-electron chi connectivity index (χ1n) is 10.1. The molecule has 2 aliphatic rings. The van der Waals surface area contributed by atoms with Crippen LogP contribution in [0.15, 0.2) is 58.3 Å². The van der Waals surface area contributed by atoms with Crippen LogP contribution in [0.1, 0.15) is 13.3 Å². The van der Waals surface area contributed by atoms with Gasteiger partial charge in [-0.1, -0.05) is 6.07 Å². The second kappa shape index (κ2) is 8.39. The number of benzene rings is 2. The Labute approximate surface area is 175 Å². The van der Waals surface area contributed by atoms with Crippen LogP contribution in [0.2, 0.25) is 0 Å². The summed E-state index contributed by atoms with van der Waals surface area (Å²) in [5.74, 6) is 0.765. The van der Waals surface area contributed by atoms with Gasteiger partial charge in [-0.3, -0.25) is 0 Å². The average Bonchev–Trinajstić information content (AvgIpc) is 3.23. The van der Waals surface area contributed by atoms with Gasteiger partial charge in [0.05, 0.1) is 5.36 Å². The van der Waals surface area contributed by atoms with Crippen molar-refractivity contribution >= 4 is 28.0 Å². The van der Waals surface area contributed by atoms with Crippen LogP contribution in [0.3, 0.4) is 0 Å². The van der Waals surface area contributed by atoms with E-state index in [1.165, 1.54) is 16.1 Å². The summed E-state index contributed by atoms with van der Waals surface area (Å²) >= 11 is 1.74. The molecule has 2 aromatic rings. The van der Waals surface area contributed by atoms with E-state index in [0.717, 1.165) is 48.3 Å². The van der Waals surface area contributed by atoms with E-state index in [2.05, 4.69) is 66.5 Å². The minimum Gasteiger partial charge on any atom is -0.456 e. The standard InChI is InChI=1S/C24H27N3OS/c1-4-27(13-6-12-26(2)3)18-9-11-20-22(16-18)28-21-15-17(25)8-10-19(21)24(20)23-7-5-14-29-23/h5,7-11,14-16,25H,4,6,12-13H2,1-3H3. The maximum absolute atomic E-state index is 8.01. The lowest BCUT2D eigenvalue weighted by Gasteiger charge is -2.24. The van der Waals surface area contributed by atoms with Crippen LogP contribution in [-0.2, 0) is 0 Å². The Balaban J connectivity index is 1.83. The number of nitrogens with zero attached hydrogens (tertiary/aromatic N) is 2. The number of fused-ring (bicyclic) bond motifs is 2. The molecule has 0 fully saturated rings. The highest BCUT2D eigenvalue weighted by Crippen LogP contribution is 2.42. The predicted molar refractivity (Wildman–Crippen MR) is 123 cm³/mol. The Hall–Kier alpha value is -2.63. The first-order chi connectivity index (χ1) is 14.1. The van der Waals surface area contributed by atoms with Crippen molar-refractivity contribution in [1.29, 1.82) is 5.41 Å². The molecule has 0 spiro atoms. The second-order valence-electron chi connectivity index (χ2n) is 7.58. The molecule has 0 saturated heterocycles. The summed E-state index contributed by atoms with van der Waals surface area (Å²) in [7, 11) is 4.23. The summed E-state index contributed by atoms with van der Waals surface area (Å²) in [6.07, 6.45) is 1.12. The molecule has 0 bridgehead atoms. The van der Waals surface area contributed by atoms with Crippen molar-refractivity contribution in [2.24, 2.45) is 0 Å². The minimum absolute atomic E-state index is 0.466. The van der Waals surface area contributed by atoms with Crippen molar-refractivity contribution in [3.63, 3.8) is 0 Å². The SMILES string of the molecule is CCN(CCCN(C)C)c1ccc2c(-c3cccs3)c3ccc(=N)cc-3oc2c1. The highest BCUT2D eigenvalue weighted by atomic mass is 32.1. The Morgan fingerprint density at radius 2 is 1.90 bits per heavy atom. The zero-order valence-corrected chi connectivity index (χ0v) is 18.1. The molecule has 0 amide bonds. The fourth-order valence-electron chi connectivity index (χ4n) is 3.81. The summed E-state index contributed by atoms with van der Waals surface area (Å²) in [5.41, 5.74) is 4.30. The molecule has 5 heteroatoms. The fraction of sp³-hybridized carbons (Fsp3) is 0.292. The van der Waals surface area contributed by atoms with Crippen LogP contribution >= 0.6 is 11.3 Å². The van der Waals surface area contributed by atoms with Gasteiger partial charge in [0.15, 0.2) is 0 Å². The van der Waals surface area contributed by atoms with Gasteiger partial charge in [-0.2, -0.15) is 0 Å². The third kappa shape index (κ3) is 4.07. The van der Waals surface area contributed by atoms with E-state index in [-0.39, 0.29) is 0 Å². The fourth-order valence-corrected chi connectivity index (χ4v) is 4.61. The van der Waals surface area contributed by atoms with E-state index in [1.807, 2.05) is 18.2 Å². The largest absolute Gasteiger partial charge is 0.456 e. The number of thiophene rings is 1. The minimum atomic E-state index is 0.466. The molecule has 0 atom stereocenters. The van der Waals surface area contributed by atoms with Crippen LogP contribution in [0.25, 0.3) is 32.7 Å². The third-order valence-corrected chi connectivity index (χ3v) is 6.14. The molecular weight excluding hydrogens is 378 g/mol. The number of hydrogen-bond acceptors (Lipinski definition) is 5. The number of anilines is 1. The Morgan fingerprint density at radius 3 is 2.62 bits per heavy atom. The first-order valence-corrected chi connectivity index (χ1v) is 10.9. The van der Waals surface area contributed by atoms with Crippen LogP contribution < -0.4 is 10.3 Å². The van der Waals surface area contributed by atoms with E-state index >= 15 is 0 Å². The molecule has 29 heavy (non-hydrogen) atoms. The van der Waals surface area contributed by atoms with E-state index in [9.17, 15) is 0 Å². The summed E-state index contributed by atoms with van der Waals surface area (Å²) in [5, 5.41) is 11.7. The van der Waals surface area contributed by atoms with Crippen molar-refractivity contribution in [2.45, 2.75) is 13.3 Å². The van der Waals surface area contributed by atoms with Crippen LogP contribution in [0.5, 0.6) is 0 Å². The van der Waals surface area contributed by atoms with E-state index in [0.29, 0.717) is 5.36 Å². The highest BCUT2D eigenvalue weighted by Gasteiger charge is 2.18. The molecule has 4 rings (SSSR count). The van der Waals surface area contributed by atoms with Gasteiger partial charge in [-0.05, 0) is 69.7 Å². The molecule has 1 aromatic heterocycles. The van der Waals surface area contributed by atoms with Gasteiger partial charge in [-0.25, -0.2) is 0 Å². The van der Waals surface area contributed by atoms with Crippen molar-refractivity contribution in [2.75, 3.05) is 38.6 Å². The smallest absolute Gasteiger partial charge is 0.137 e. The van der Waals surface area contributed by atoms with Crippen molar-refractivity contribution < 1.29 is 4.42 Å². The van der Waals surface area contributed by atoms with Gasteiger partial charge in [0.2, 0.25) is 0 Å². The monoisotopic (exact) mass is 405 g/mol. The number of rotatable bonds is 7. The predicted octanol–water partition coefficient (Wildman–Crippen LogP) is 5.52. The molecule has 1 aromatic carbocycles. The van der Waals surface area contributed by atoms with E-state index in [1.54, 1.807) is 11.3 Å². The maximum atomic E-state index is 8.01. The Bertz CT molecular complexity index is 1130. The molecule has 1 N–H and O–H groups in total. The normalized spacial score (nSPS) is 11.6. The third-order valence-electron chi connectivity index (χ3n) is 5.25. The first kappa shape index (κ1) is 19.7. The Morgan fingerprint density at radius 1 is 1.03 bits per heavy atom. The summed E-state index contributed by atoms with van der Waals surface area (Å²) in [6, 6.07) is 16.4. The van der Waals surface area contributed by atoms with Gasteiger partial charge in [0.1, 0.15) is 11.3 Å². The second-order valence-corrected chi connectivity index (χ2v) is 8.53. The van der Waals surface area contributed by atoms with Gasteiger partial charge in [0.25, 0.3) is 0 Å². The molecule has 150 valence electrons. The van der Waals surface area contributed by atoms with Gasteiger partial charge >= 0.3 is 0 Å². The molecule has 4 nitrogen and oxygen atoms in total. The molecule has 0 radical (unpaired) electrons. The van der Waals surface area contributed by atoms with Crippen molar-refractivity contribution in [3.8, 4) is 21.8 Å². The molecular formula is C24H27N3OS. The number of nitrogens with one attached hydrogen (secondary N) is 1.